The largest absolute Gasteiger partial charge is 0.497 e. The minimum absolute atomic E-state index is 0.232. The molecule has 158 valence electrons. The van der Waals surface area contributed by atoms with Gasteiger partial charge in [-0.2, -0.15) is 0 Å². The zero-order valence-electron chi connectivity index (χ0n) is 17.1. The van der Waals surface area contributed by atoms with Gasteiger partial charge in [-0.15, -0.1) is 10.2 Å². The van der Waals surface area contributed by atoms with Gasteiger partial charge in [0.15, 0.2) is 0 Å². The molecule has 8 heteroatoms. The number of hydrogen-bond acceptors (Lipinski definition) is 7. The summed E-state index contributed by atoms with van der Waals surface area (Å²) in [5, 5.41) is 13.2. The molecule has 0 aliphatic heterocycles. The monoisotopic (exact) mass is 443 g/mol. The standard InChI is InChI=1S/C24H18ClN5O2/c1-31-18-9-4-6-15(12-18)14-26-21-19-10-2-3-11-20(19)27-22(28-21)24-30-29-23(32-24)16-7-5-8-17(25)13-16/h2-13H,14H2,1H3,(H,26,27,28). The van der Waals surface area contributed by atoms with Gasteiger partial charge < -0.3 is 14.5 Å². The first kappa shape index (κ1) is 20.0. The highest BCUT2D eigenvalue weighted by Crippen LogP contribution is 2.28. The molecule has 5 rings (SSSR count). The molecule has 0 aliphatic carbocycles. The summed E-state index contributed by atoms with van der Waals surface area (Å²) in [6, 6.07) is 22.9. The molecule has 0 radical (unpaired) electrons. The fourth-order valence-electron chi connectivity index (χ4n) is 3.33. The molecule has 0 aliphatic rings. The van der Waals surface area contributed by atoms with Gasteiger partial charge in [-0.25, -0.2) is 9.97 Å². The highest BCUT2D eigenvalue weighted by molar-refractivity contribution is 6.30. The van der Waals surface area contributed by atoms with E-state index in [4.69, 9.17) is 20.8 Å². The van der Waals surface area contributed by atoms with Crippen LogP contribution in [-0.4, -0.2) is 27.3 Å². The quantitative estimate of drug-likeness (QED) is 0.364. The van der Waals surface area contributed by atoms with E-state index < -0.39 is 0 Å². The normalized spacial score (nSPS) is 10.9. The van der Waals surface area contributed by atoms with E-state index in [-0.39, 0.29) is 5.89 Å². The number of hydrogen-bond donors (Lipinski definition) is 1. The number of rotatable bonds is 6. The molecular formula is C24H18ClN5O2. The molecule has 0 saturated carbocycles. The summed E-state index contributed by atoms with van der Waals surface area (Å²) in [6.45, 7) is 0.565. The van der Waals surface area contributed by atoms with Crippen LogP contribution in [0.5, 0.6) is 5.75 Å². The van der Waals surface area contributed by atoms with Crippen molar-refractivity contribution in [1.82, 2.24) is 20.2 Å². The number of nitrogens with zero attached hydrogens (tertiary/aromatic N) is 4. The molecule has 0 unspecified atom stereocenters. The van der Waals surface area contributed by atoms with Crippen molar-refractivity contribution in [1.29, 1.82) is 0 Å². The summed E-state index contributed by atoms with van der Waals surface area (Å²) in [6.07, 6.45) is 0. The van der Waals surface area contributed by atoms with Gasteiger partial charge in [0.2, 0.25) is 11.7 Å². The Kier molecular flexibility index (Phi) is 5.39. The topological polar surface area (TPSA) is 86.0 Å². The van der Waals surface area contributed by atoms with Crippen LogP contribution in [0.4, 0.5) is 5.82 Å². The summed E-state index contributed by atoms with van der Waals surface area (Å²) in [4.78, 5) is 9.30. The number of aromatic nitrogens is 4. The van der Waals surface area contributed by atoms with Crippen LogP contribution in [-0.2, 0) is 6.54 Å². The second-order valence-electron chi connectivity index (χ2n) is 7.04. The Hall–Kier alpha value is -3.97. The SMILES string of the molecule is COc1cccc(CNc2nc(-c3nnc(-c4cccc(Cl)c4)o3)nc3ccccc23)c1. The molecule has 2 aromatic heterocycles. The highest BCUT2D eigenvalue weighted by Gasteiger charge is 2.16. The Morgan fingerprint density at radius 3 is 2.62 bits per heavy atom. The van der Waals surface area contributed by atoms with E-state index >= 15 is 0 Å². The fourth-order valence-corrected chi connectivity index (χ4v) is 3.52. The first-order valence-corrected chi connectivity index (χ1v) is 10.3. The minimum atomic E-state index is 0.232. The maximum Gasteiger partial charge on any atom is 0.286 e. The number of nitrogens with one attached hydrogen (secondary N) is 1. The third-order valence-electron chi connectivity index (χ3n) is 4.89. The zero-order valence-corrected chi connectivity index (χ0v) is 17.9. The Balaban J connectivity index is 1.49. The number of halogens is 1. The van der Waals surface area contributed by atoms with Crippen LogP contribution in [0, 0.1) is 0 Å². The molecule has 0 atom stereocenters. The van der Waals surface area contributed by atoms with Crippen molar-refractivity contribution >= 4 is 28.3 Å². The van der Waals surface area contributed by atoms with Crippen molar-refractivity contribution in [3.8, 4) is 28.9 Å². The Morgan fingerprint density at radius 2 is 1.75 bits per heavy atom. The zero-order chi connectivity index (χ0) is 21.9. The van der Waals surface area contributed by atoms with Gasteiger partial charge in [0.1, 0.15) is 11.6 Å². The molecule has 0 amide bonds. The molecule has 5 aromatic rings. The van der Waals surface area contributed by atoms with Crippen LogP contribution in [0.15, 0.2) is 77.2 Å². The molecule has 1 N–H and O–H groups in total. The van der Waals surface area contributed by atoms with E-state index in [1.807, 2.05) is 60.7 Å². The average Bonchev–Trinajstić information content (AvgIpc) is 3.33. The molecule has 3 aromatic carbocycles. The van der Waals surface area contributed by atoms with Gasteiger partial charge in [-0.1, -0.05) is 41.9 Å². The summed E-state index contributed by atoms with van der Waals surface area (Å²) in [5.74, 6) is 2.41. The van der Waals surface area contributed by atoms with Crippen LogP contribution in [0.25, 0.3) is 34.1 Å². The highest BCUT2D eigenvalue weighted by atomic mass is 35.5. The Labute approximate surface area is 189 Å². The number of benzene rings is 3. The first-order chi connectivity index (χ1) is 15.7. The van der Waals surface area contributed by atoms with Crippen molar-refractivity contribution in [3.05, 3.63) is 83.4 Å². The lowest BCUT2D eigenvalue weighted by atomic mass is 10.2. The molecule has 0 spiro atoms. The van der Waals surface area contributed by atoms with Gasteiger partial charge in [-0.05, 0) is 48.0 Å². The minimum Gasteiger partial charge on any atom is -0.497 e. The van der Waals surface area contributed by atoms with Crippen LogP contribution < -0.4 is 10.1 Å². The van der Waals surface area contributed by atoms with E-state index in [0.717, 1.165) is 27.8 Å². The van der Waals surface area contributed by atoms with Crippen LogP contribution in [0.1, 0.15) is 5.56 Å². The van der Waals surface area contributed by atoms with Crippen molar-refractivity contribution in [3.63, 3.8) is 0 Å². The lowest BCUT2D eigenvalue weighted by Gasteiger charge is -2.10. The molecule has 0 fully saturated rings. The van der Waals surface area contributed by atoms with Gasteiger partial charge in [0.25, 0.3) is 5.89 Å². The predicted octanol–water partition coefficient (Wildman–Crippen LogP) is 5.62. The molecule has 0 saturated heterocycles. The first-order valence-electron chi connectivity index (χ1n) is 9.93. The number of methoxy groups -OCH3 is 1. The molecule has 2 heterocycles. The fraction of sp³-hybridized carbons (Fsp3) is 0.0833. The number of anilines is 1. The summed E-state index contributed by atoms with van der Waals surface area (Å²) in [5.41, 5.74) is 2.57. The smallest absolute Gasteiger partial charge is 0.286 e. The van der Waals surface area contributed by atoms with Crippen molar-refractivity contribution in [2.45, 2.75) is 6.54 Å². The van der Waals surface area contributed by atoms with Crippen molar-refractivity contribution < 1.29 is 9.15 Å². The molecular weight excluding hydrogens is 426 g/mol. The third kappa shape index (κ3) is 4.10. The molecule has 7 nitrogen and oxygen atoms in total. The summed E-state index contributed by atoms with van der Waals surface area (Å²) >= 11 is 6.08. The van der Waals surface area contributed by atoms with Crippen LogP contribution >= 0.6 is 11.6 Å². The van der Waals surface area contributed by atoms with Gasteiger partial charge >= 0.3 is 0 Å². The molecule has 0 bridgehead atoms. The van der Waals surface area contributed by atoms with E-state index in [1.54, 1.807) is 19.2 Å². The van der Waals surface area contributed by atoms with E-state index in [2.05, 4.69) is 25.5 Å². The van der Waals surface area contributed by atoms with E-state index in [1.165, 1.54) is 0 Å². The van der Waals surface area contributed by atoms with E-state index in [0.29, 0.717) is 29.1 Å². The lowest BCUT2D eigenvalue weighted by molar-refractivity contribution is 0.414. The van der Waals surface area contributed by atoms with Gasteiger partial charge in [-0.3, -0.25) is 0 Å². The third-order valence-corrected chi connectivity index (χ3v) is 5.12. The lowest BCUT2D eigenvalue weighted by Crippen LogP contribution is -2.04. The van der Waals surface area contributed by atoms with Crippen molar-refractivity contribution in [2.75, 3.05) is 12.4 Å². The van der Waals surface area contributed by atoms with Crippen LogP contribution in [0.3, 0.4) is 0 Å². The summed E-state index contributed by atoms with van der Waals surface area (Å²) < 4.78 is 11.2. The number of ether oxygens (including phenoxy) is 1. The Morgan fingerprint density at radius 1 is 0.906 bits per heavy atom. The molecule has 32 heavy (non-hydrogen) atoms. The number of para-hydroxylation sites is 1. The predicted molar refractivity (Wildman–Crippen MR) is 124 cm³/mol. The second-order valence-corrected chi connectivity index (χ2v) is 7.48. The van der Waals surface area contributed by atoms with E-state index in [9.17, 15) is 0 Å². The maximum atomic E-state index is 6.08. The van der Waals surface area contributed by atoms with Gasteiger partial charge in [0, 0.05) is 22.5 Å². The second kappa shape index (κ2) is 8.64. The van der Waals surface area contributed by atoms with Crippen LogP contribution in [0.2, 0.25) is 5.02 Å². The van der Waals surface area contributed by atoms with Crippen molar-refractivity contribution in [2.24, 2.45) is 0 Å². The van der Waals surface area contributed by atoms with Gasteiger partial charge in [0.05, 0.1) is 12.6 Å². The Bertz CT molecular complexity index is 1400. The maximum absolute atomic E-state index is 6.08. The summed E-state index contributed by atoms with van der Waals surface area (Å²) in [7, 11) is 1.65. The average molecular weight is 444 g/mol. The number of fused-ring (bicyclic) bond motifs is 1.